The van der Waals surface area contributed by atoms with Gasteiger partial charge in [0.05, 0.1) is 5.44 Å². The van der Waals surface area contributed by atoms with Crippen LogP contribution >= 0.6 is 20.2 Å². The summed E-state index contributed by atoms with van der Waals surface area (Å²) in [5.41, 5.74) is 1.11. The molecule has 1 aromatic heterocycles. The van der Waals surface area contributed by atoms with Gasteiger partial charge in [-0.15, -0.1) is 0 Å². The van der Waals surface area contributed by atoms with Crippen LogP contribution in [0.2, 0.25) is 5.02 Å². The number of hydrogen-bond acceptors (Lipinski definition) is 1. The van der Waals surface area contributed by atoms with Crippen LogP contribution in [0.4, 0.5) is 0 Å². The van der Waals surface area contributed by atoms with Crippen LogP contribution in [0.3, 0.4) is 0 Å². The van der Waals surface area contributed by atoms with E-state index < -0.39 is 0 Å². The maximum atomic E-state index is 5.80. The lowest BCUT2D eigenvalue weighted by atomic mass is 10.4. The summed E-state index contributed by atoms with van der Waals surface area (Å²) in [6, 6.07) is 13.9. The normalized spacial score (nSPS) is 10.9. The maximum absolute atomic E-state index is 5.80. The van der Waals surface area contributed by atoms with E-state index in [2.05, 4.69) is 4.98 Å². The smallest absolute Gasteiger partial charge is 0.0645 e. The largest absolute Gasteiger partial charge is 0.256 e. The first-order valence-electron chi connectivity index (χ1n) is 4.28. The Kier molecular flexibility index (Phi) is 3.13. The maximum Gasteiger partial charge on any atom is 0.0645 e. The molecule has 1 unspecified atom stereocenters. The molecule has 0 N–H and O–H groups in total. The molecule has 0 spiro atoms. The van der Waals surface area contributed by atoms with Gasteiger partial charge in [0, 0.05) is 11.2 Å². The zero-order valence-electron chi connectivity index (χ0n) is 7.44. The van der Waals surface area contributed by atoms with Crippen molar-refractivity contribution in [1.82, 2.24) is 4.98 Å². The van der Waals surface area contributed by atoms with Crippen molar-refractivity contribution in [2.45, 2.75) is 0 Å². The van der Waals surface area contributed by atoms with Crippen molar-refractivity contribution >= 4 is 30.9 Å². The topological polar surface area (TPSA) is 12.9 Å². The fourth-order valence-corrected chi connectivity index (χ4v) is 2.19. The lowest BCUT2D eigenvalue weighted by molar-refractivity contribution is 1.39. The standard InChI is InChI=1S/C11H9ClNP/c12-9-4-6-10(7-5-9)14-11-3-1-2-8-13-11/h1-8,14H. The second-order valence-corrected chi connectivity index (χ2v) is 4.62. The zero-order chi connectivity index (χ0) is 9.80. The third kappa shape index (κ3) is 2.54. The number of halogens is 1. The molecule has 14 heavy (non-hydrogen) atoms. The van der Waals surface area contributed by atoms with Gasteiger partial charge in [-0.3, -0.25) is 4.98 Å². The van der Waals surface area contributed by atoms with E-state index >= 15 is 0 Å². The van der Waals surface area contributed by atoms with E-state index in [-0.39, 0.29) is 0 Å². The second kappa shape index (κ2) is 4.54. The molecule has 3 heteroatoms. The molecule has 2 aromatic rings. The summed E-state index contributed by atoms with van der Waals surface area (Å²) in [6.07, 6.45) is 1.82. The number of nitrogens with zero attached hydrogens (tertiary/aromatic N) is 1. The van der Waals surface area contributed by atoms with E-state index in [9.17, 15) is 0 Å². The number of benzene rings is 1. The molecule has 0 aliphatic carbocycles. The molecule has 0 bridgehead atoms. The number of rotatable bonds is 2. The summed E-state index contributed by atoms with van der Waals surface area (Å²) < 4.78 is 0. The lowest BCUT2D eigenvalue weighted by Gasteiger charge is -2.00. The van der Waals surface area contributed by atoms with Gasteiger partial charge in [0.15, 0.2) is 0 Å². The van der Waals surface area contributed by atoms with Gasteiger partial charge in [-0.25, -0.2) is 0 Å². The van der Waals surface area contributed by atoms with Crippen molar-refractivity contribution in [1.29, 1.82) is 0 Å². The lowest BCUT2D eigenvalue weighted by Crippen LogP contribution is -2.05. The Morgan fingerprint density at radius 3 is 2.43 bits per heavy atom. The Labute approximate surface area is 89.9 Å². The van der Waals surface area contributed by atoms with E-state index in [0.29, 0.717) is 8.58 Å². The molecule has 0 aliphatic heterocycles. The minimum atomic E-state index is 0.603. The highest BCUT2D eigenvalue weighted by Crippen LogP contribution is 2.11. The van der Waals surface area contributed by atoms with Crippen LogP contribution in [-0.4, -0.2) is 4.98 Å². The first-order valence-corrected chi connectivity index (χ1v) is 5.66. The van der Waals surface area contributed by atoms with E-state index in [4.69, 9.17) is 11.6 Å². The highest BCUT2D eigenvalue weighted by Gasteiger charge is 1.95. The fraction of sp³-hybridized carbons (Fsp3) is 0. The molecule has 0 amide bonds. The monoisotopic (exact) mass is 221 g/mol. The Morgan fingerprint density at radius 1 is 1.00 bits per heavy atom. The molecule has 1 atom stereocenters. The first-order chi connectivity index (χ1) is 6.84. The molecule has 1 aromatic carbocycles. The Hall–Kier alpha value is -0.910. The zero-order valence-corrected chi connectivity index (χ0v) is 9.20. The fourth-order valence-electron chi connectivity index (χ4n) is 1.12. The van der Waals surface area contributed by atoms with Crippen molar-refractivity contribution in [3.8, 4) is 0 Å². The van der Waals surface area contributed by atoms with E-state index in [1.165, 1.54) is 5.30 Å². The Morgan fingerprint density at radius 2 is 1.79 bits per heavy atom. The number of pyridine rings is 1. The molecular formula is C11H9ClNP. The summed E-state index contributed by atoms with van der Waals surface area (Å²) >= 11 is 5.80. The predicted octanol–water partition coefficient (Wildman–Crippen LogP) is 2.36. The van der Waals surface area contributed by atoms with Crippen LogP contribution in [0.5, 0.6) is 0 Å². The Bertz CT molecular complexity index is 399. The third-order valence-electron chi connectivity index (χ3n) is 1.78. The summed E-state index contributed by atoms with van der Waals surface area (Å²) in [7, 11) is 0.603. The van der Waals surface area contributed by atoms with Crippen LogP contribution in [-0.2, 0) is 0 Å². The van der Waals surface area contributed by atoms with Gasteiger partial charge in [0.2, 0.25) is 0 Å². The van der Waals surface area contributed by atoms with Crippen LogP contribution in [0.1, 0.15) is 0 Å². The van der Waals surface area contributed by atoms with Crippen molar-refractivity contribution < 1.29 is 0 Å². The van der Waals surface area contributed by atoms with E-state index in [1.807, 2.05) is 48.7 Å². The van der Waals surface area contributed by atoms with Crippen LogP contribution in [0.15, 0.2) is 48.7 Å². The van der Waals surface area contributed by atoms with Crippen molar-refractivity contribution in [2.75, 3.05) is 0 Å². The van der Waals surface area contributed by atoms with Crippen LogP contribution in [0.25, 0.3) is 0 Å². The van der Waals surface area contributed by atoms with Gasteiger partial charge < -0.3 is 0 Å². The van der Waals surface area contributed by atoms with Gasteiger partial charge in [-0.2, -0.15) is 0 Å². The van der Waals surface area contributed by atoms with Crippen molar-refractivity contribution in [3.63, 3.8) is 0 Å². The molecule has 0 saturated heterocycles. The molecular weight excluding hydrogens is 213 g/mol. The number of hydrogen-bond donors (Lipinski definition) is 0. The summed E-state index contributed by atoms with van der Waals surface area (Å²) in [6.45, 7) is 0. The SMILES string of the molecule is Clc1ccc(Pc2ccccn2)cc1. The average Bonchev–Trinajstić information content (AvgIpc) is 2.23. The highest BCUT2D eigenvalue weighted by atomic mass is 35.5. The summed E-state index contributed by atoms with van der Waals surface area (Å²) in [4.78, 5) is 4.28. The van der Waals surface area contributed by atoms with Gasteiger partial charge in [0.25, 0.3) is 0 Å². The first kappa shape index (κ1) is 9.64. The molecule has 0 aliphatic rings. The minimum Gasteiger partial charge on any atom is -0.256 e. The van der Waals surface area contributed by atoms with Crippen molar-refractivity contribution in [2.24, 2.45) is 0 Å². The quantitative estimate of drug-likeness (QED) is 0.710. The van der Waals surface area contributed by atoms with E-state index in [0.717, 1.165) is 10.5 Å². The van der Waals surface area contributed by atoms with E-state index in [1.54, 1.807) is 0 Å². The molecule has 1 heterocycles. The van der Waals surface area contributed by atoms with Gasteiger partial charge in [-0.1, -0.05) is 29.8 Å². The highest BCUT2D eigenvalue weighted by molar-refractivity contribution is 7.55. The van der Waals surface area contributed by atoms with Crippen LogP contribution in [0, 0.1) is 0 Å². The minimum absolute atomic E-state index is 0.603. The number of aromatic nitrogens is 1. The van der Waals surface area contributed by atoms with Gasteiger partial charge >= 0.3 is 0 Å². The van der Waals surface area contributed by atoms with Crippen LogP contribution < -0.4 is 10.7 Å². The van der Waals surface area contributed by atoms with Gasteiger partial charge in [-0.05, 0) is 38.2 Å². The Balaban J connectivity index is 2.16. The molecule has 0 saturated carbocycles. The van der Waals surface area contributed by atoms with Crippen molar-refractivity contribution in [3.05, 3.63) is 53.7 Å². The third-order valence-corrected chi connectivity index (χ3v) is 3.21. The summed E-state index contributed by atoms with van der Waals surface area (Å²) in [5, 5.41) is 2.03. The molecule has 2 rings (SSSR count). The molecule has 70 valence electrons. The van der Waals surface area contributed by atoms with Gasteiger partial charge in [0.1, 0.15) is 0 Å². The summed E-state index contributed by atoms with van der Waals surface area (Å²) in [5.74, 6) is 0. The molecule has 1 nitrogen and oxygen atoms in total. The second-order valence-electron chi connectivity index (χ2n) is 2.85. The predicted molar refractivity (Wildman–Crippen MR) is 63.3 cm³/mol. The average molecular weight is 222 g/mol. The molecule has 0 fully saturated rings. The molecule has 0 radical (unpaired) electrons.